The molecule has 1 saturated carbocycles. The van der Waals surface area contributed by atoms with E-state index in [1.807, 2.05) is 13.0 Å². The predicted octanol–water partition coefficient (Wildman–Crippen LogP) is 2.99. The van der Waals surface area contributed by atoms with Crippen LogP contribution in [0.3, 0.4) is 0 Å². The van der Waals surface area contributed by atoms with Gasteiger partial charge in [0.2, 0.25) is 0 Å². The van der Waals surface area contributed by atoms with Crippen molar-refractivity contribution < 1.29 is 9.50 Å². The van der Waals surface area contributed by atoms with Gasteiger partial charge in [0, 0.05) is 31.7 Å². The number of benzene rings is 1. The van der Waals surface area contributed by atoms with E-state index in [9.17, 15) is 9.50 Å². The molecule has 1 saturated heterocycles. The van der Waals surface area contributed by atoms with Gasteiger partial charge >= 0.3 is 0 Å². The van der Waals surface area contributed by atoms with Crippen molar-refractivity contribution in [3.63, 3.8) is 0 Å². The first kappa shape index (κ1) is 16.9. The number of aliphatic hydroxyl groups excluding tert-OH is 1. The van der Waals surface area contributed by atoms with Gasteiger partial charge in [-0.05, 0) is 55.9 Å². The highest BCUT2D eigenvalue weighted by Gasteiger charge is 2.31. The van der Waals surface area contributed by atoms with Crippen LogP contribution in [0.25, 0.3) is 0 Å². The summed E-state index contributed by atoms with van der Waals surface area (Å²) in [6.07, 6.45) is 6.67. The van der Waals surface area contributed by atoms with Gasteiger partial charge in [-0.1, -0.05) is 18.9 Å². The van der Waals surface area contributed by atoms with Crippen LogP contribution >= 0.6 is 0 Å². The van der Waals surface area contributed by atoms with Crippen LogP contribution in [-0.4, -0.2) is 41.3 Å². The van der Waals surface area contributed by atoms with Crippen LogP contribution in [-0.2, 0) is 6.54 Å². The second kappa shape index (κ2) is 7.73. The minimum absolute atomic E-state index is 0.130. The maximum atomic E-state index is 13.1. The third kappa shape index (κ3) is 4.31. The van der Waals surface area contributed by atoms with Gasteiger partial charge in [-0.2, -0.15) is 0 Å². The van der Waals surface area contributed by atoms with E-state index in [0.29, 0.717) is 12.1 Å². The molecule has 128 valence electrons. The summed E-state index contributed by atoms with van der Waals surface area (Å²) in [6, 6.07) is 5.92. The van der Waals surface area contributed by atoms with Crippen molar-refractivity contribution in [3.05, 3.63) is 35.1 Å². The highest BCUT2D eigenvalue weighted by atomic mass is 19.1. The smallest absolute Gasteiger partial charge is 0.123 e. The Balaban J connectivity index is 1.45. The number of halogens is 1. The molecule has 2 aliphatic rings. The first-order chi connectivity index (χ1) is 11.1. The van der Waals surface area contributed by atoms with Crippen LogP contribution in [0.1, 0.15) is 49.7 Å². The standard InChI is InChI=1S/C19H29FN2O/c1-14-12-16(20)7-6-15(14)13-21-17-8-10-22(11-9-17)18-4-2-3-5-19(18)23/h6-7,12,17-19,21,23H,2-5,8-11,13H2,1H3. The van der Waals surface area contributed by atoms with E-state index in [-0.39, 0.29) is 11.9 Å². The van der Waals surface area contributed by atoms with Crippen molar-refractivity contribution in [2.24, 2.45) is 0 Å². The van der Waals surface area contributed by atoms with Crippen molar-refractivity contribution in [2.45, 2.75) is 70.2 Å². The van der Waals surface area contributed by atoms with Gasteiger partial charge in [0.15, 0.2) is 0 Å². The minimum atomic E-state index is -0.161. The third-order valence-corrected chi connectivity index (χ3v) is 5.58. The molecule has 1 aromatic carbocycles. The van der Waals surface area contributed by atoms with E-state index < -0.39 is 0 Å². The molecule has 1 aliphatic carbocycles. The van der Waals surface area contributed by atoms with Gasteiger partial charge in [-0.25, -0.2) is 4.39 Å². The van der Waals surface area contributed by atoms with Gasteiger partial charge in [-0.15, -0.1) is 0 Å². The Bertz CT molecular complexity index is 514. The molecule has 0 amide bonds. The lowest BCUT2D eigenvalue weighted by molar-refractivity contribution is 0.00714. The molecule has 0 radical (unpaired) electrons. The second-order valence-corrected chi connectivity index (χ2v) is 7.18. The molecule has 2 fully saturated rings. The van der Waals surface area contributed by atoms with Gasteiger partial charge in [0.05, 0.1) is 6.10 Å². The molecule has 0 spiro atoms. The number of nitrogens with zero attached hydrogens (tertiary/aromatic N) is 1. The van der Waals surface area contributed by atoms with Crippen LogP contribution in [0, 0.1) is 12.7 Å². The lowest BCUT2D eigenvalue weighted by Crippen LogP contribution is -2.51. The minimum Gasteiger partial charge on any atom is -0.391 e. The van der Waals surface area contributed by atoms with Crippen molar-refractivity contribution in [2.75, 3.05) is 13.1 Å². The first-order valence-electron chi connectivity index (χ1n) is 9.04. The van der Waals surface area contributed by atoms with E-state index in [1.54, 1.807) is 6.07 Å². The number of aliphatic hydroxyl groups is 1. The highest BCUT2D eigenvalue weighted by molar-refractivity contribution is 5.26. The third-order valence-electron chi connectivity index (χ3n) is 5.58. The molecule has 0 aromatic heterocycles. The SMILES string of the molecule is Cc1cc(F)ccc1CNC1CCN(C2CCCCC2O)CC1. The fourth-order valence-corrected chi connectivity index (χ4v) is 4.06. The zero-order chi connectivity index (χ0) is 16.2. The largest absolute Gasteiger partial charge is 0.391 e. The zero-order valence-corrected chi connectivity index (χ0v) is 14.1. The Morgan fingerprint density at radius 2 is 1.91 bits per heavy atom. The molecule has 1 aromatic rings. The number of nitrogens with one attached hydrogen (secondary N) is 1. The molecule has 3 rings (SSSR count). The average molecular weight is 320 g/mol. The summed E-state index contributed by atoms with van der Waals surface area (Å²) in [7, 11) is 0. The maximum absolute atomic E-state index is 13.1. The maximum Gasteiger partial charge on any atom is 0.123 e. The Labute approximate surface area is 138 Å². The van der Waals surface area contributed by atoms with Crippen molar-refractivity contribution in [1.82, 2.24) is 10.2 Å². The molecule has 1 aliphatic heterocycles. The number of aryl methyl sites for hydroxylation is 1. The topological polar surface area (TPSA) is 35.5 Å². The lowest BCUT2D eigenvalue weighted by atomic mass is 9.89. The van der Waals surface area contributed by atoms with Crippen molar-refractivity contribution in [3.8, 4) is 0 Å². The molecule has 2 unspecified atom stereocenters. The zero-order valence-electron chi connectivity index (χ0n) is 14.1. The van der Waals surface area contributed by atoms with E-state index in [4.69, 9.17) is 0 Å². The Morgan fingerprint density at radius 3 is 2.61 bits per heavy atom. The van der Waals surface area contributed by atoms with E-state index in [0.717, 1.165) is 50.9 Å². The molecule has 2 atom stereocenters. The van der Waals surface area contributed by atoms with Crippen LogP contribution in [0.2, 0.25) is 0 Å². The molecular formula is C19H29FN2O. The second-order valence-electron chi connectivity index (χ2n) is 7.18. The fraction of sp³-hybridized carbons (Fsp3) is 0.684. The van der Waals surface area contributed by atoms with Crippen molar-refractivity contribution >= 4 is 0 Å². The van der Waals surface area contributed by atoms with Gasteiger partial charge in [-0.3, -0.25) is 4.90 Å². The van der Waals surface area contributed by atoms with Gasteiger partial charge in [0.25, 0.3) is 0 Å². The number of piperidine rings is 1. The first-order valence-corrected chi connectivity index (χ1v) is 9.04. The van der Waals surface area contributed by atoms with E-state index in [1.165, 1.54) is 24.5 Å². The molecule has 0 bridgehead atoms. The Kier molecular flexibility index (Phi) is 5.67. The quantitative estimate of drug-likeness (QED) is 0.895. The highest BCUT2D eigenvalue weighted by Crippen LogP contribution is 2.26. The molecule has 2 N–H and O–H groups in total. The Hall–Kier alpha value is -0.970. The molecule has 4 heteroatoms. The summed E-state index contributed by atoms with van der Waals surface area (Å²) >= 11 is 0. The number of rotatable bonds is 4. The van der Waals surface area contributed by atoms with Gasteiger partial charge in [0.1, 0.15) is 5.82 Å². The molecule has 23 heavy (non-hydrogen) atoms. The normalized spacial score (nSPS) is 27.3. The van der Waals surface area contributed by atoms with Gasteiger partial charge < -0.3 is 10.4 Å². The average Bonchev–Trinajstić information content (AvgIpc) is 2.55. The monoisotopic (exact) mass is 320 g/mol. The summed E-state index contributed by atoms with van der Waals surface area (Å²) in [5, 5.41) is 13.8. The lowest BCUT2D eigenvalue weighted by Gasteiger charge is -2.41. The van der Waals surface area contributed by atoms with Crippen molar-refractivity contribution in [1.29, 1.82) is 0 Å². The number of likely N-dealkylation sites (tertiary alicyclic amines) is 1. The Morgan fingerprint density at radius 1 is 1.17 bits per heavy atom. The summed E-state index contributed by atoms with van der Waals surface area (Å²) in [5.41, 5.74) is 2.19. The van der Waals surface area contributed by atoms with Crippen LogP contribution < -0.4 is 5.32 Å². The summed E-state index contributed by atoms with van der Waals surface area (Å²) in [5.74, 6) is -0.161. The molecular weight excluding hydrogens is 291 g/mol. The predicted molar refractivity (Wildman–Crippen MR) is 90.8 cm³/mol. The summed E-state index contributed by atoms with van der Waals surface area (Å²) in [6.45, 7) is 4.92. The number of hydrogen-bond donors (Lipinski definition) is 2. The summed E-state index contributed by atoms with van der Waals surface area (Å²) < 4.78 is 13.1. The number of hydrogen-bond acceptors (Lipinski definition) is 3. The fourth-order valence-electron chi connectivity index (χ4n) is 4.06. The molecule has 1 heterocycles. The van der Waals surface area contributed by atoms with E-state index in [2.05, 4.69) is 10.2 Å². The molecule has 3 nitrogen and oxygen atoms in total. The van der Waals surface area contributed by atoms with Crippen LogP contribution in [0.4, 0.5) is 4.39 Å². The van der Waals surface area contributed by atoms with Crippen LogP contribution in [0.15, 0.2) is 18.2 Å². The van der Waals surface area contributed by atoms with E-state index >= 15 is 0 Å². The summed E-state index contributed by atoms with van der Waals surface area (Å²) in [4.78, 5) is 2.49. The van der Waals surface area contributed by atoms with Crippen LogP contribution in [0.5, 0.6) is 0 Å².